The van der Waals surface area contributed by atoms with Crippen LogP contribution in [-0.2, 0) is 14.3 Å². The molecule has 0 aromatic heterocycles. The molecule has 0 bridgehead atoms. The Bertz CT molecular complexity index is 248. The van der Waals surface area contributed by atoms with E-state index in [-0.39, 0.29) is 11.9 Å². The average Bonchev–Trinajstić information content (AvgIpc) is 2.37. The van der Waals surface area contributed by atoms with Gasteiger partial charge < -0.3 is 20.1 Å². The van der Waals surface area contributed by atoms with E-state index in [2.05, 4.69) is 17.6 Å². The molecule has 1 aliphatic rings. The molecule has 106 valence electrons. The van der Waals surface area contributed by atoms with E-state index in [1.807, 2.05) is 6.92 Å². The van der Waals surface area contributed by atoms with Crippen LogP contribution in [0.1, 0.15) is 27.2 Å². The molecule has 3 atom stereocenters. The smallest absolute Gasteiger partial charge is 0.249 e. The second-order valence-electron chi connectivity index (χ2n) is 4.80. The number of hydrogen-bond acceptors (Lipinski definition) is 4. The Morgan fingerprint density at radius 3 is 2.94 bits per heavy atom. The number of piperidine rings is 1. The van der Waals surface area contributed by atoms with Crippen LogP contribution in [0.4, 0.5) is 0 Å². The molecule has 3 unspecified atom stereocenters. The SMILES string of the molecule is CCOCCOC(C)C(=O)NC1CCNCC1C. The Labute approximate surface area is 110 Å². The Morgan fingerprint density at radius 1 is 1.50 bits per heavy atom. The van der Waals surface area contributed by atoms with E-state index in [1.54, 1.807) is 6.92 Å². The third kappa shape index (κ3) is 5.33. The molecule has 0 aromatic carbocycles. The maximum Gasteiger partial charge on any atom is 0.249 e. The minimum absolute atomic E-state index is 0.0229. The molecule has 0 aliphatic carbocycles. The summed E-state index contributed by atoms with van der Waals surface area (Å²) in [5.74, 6) is 0.448. The van der Waals surface area contributed by atoms with Crippen molar-refractivity contribution in [3.63, 3.8) is 0 Å². The molecule has 1 heterocycles. The number of hydrogen-bond donors (Lipinski definition) is 2. The van der Waals surface area contributed by atoms with Crippen LogP contribution in [0, 0.1) is 5.92 Å². The normalized spacial score (nSPS) is 25.7. The second kappa shape index (κ2) is 8.45. The van der Waals surface area contributed by atoms with E-state index in [0.29, 0.717) is 25.7 Å². The first-order chi connectivity index (χ1) is 8.65. The molecule has 1 aliphatic heterocycles. The first kappa shape index (κ1) is 15.4. The lowest BCUT2D eigenvalue weighted by atomic mass is 9.95. The Kier molecular flexibility index (Phi) is 7.23. The van der Waals surface area contributed by atoms with Crippen molar-refractivity contribution in [2.75, 3.05) is 32.9 Å². The summed E-state index contributed by atoms with van der Waals surface area (Å²) in [6, 6.07) is 0.261. The molecular formula is C13H26N2O3. The fourth-order valence-corrected chi connectivity index (χ4v) is 2.03. The Balaban J connectivity index is 2.21. The summed E-state index contributed by atoms with van der Waals surface area (Å²) in [5, 5.41) is 6.38. The van der Waals surface area contributed by atoms with Gasteiger partial charge in [0.15, 0.2) is 0 Å². The molecule has 0 aromatic rings. The van der Waals surface area contributed by atoms with Crippen molar-refractivity contribution in [2.45, 2.75) is 39.3 Å². The zero-order chi connectivity index (χ0) is 13.4. The number of nitrogens with one attached hydrogen (secondary N) is 2. The highest BCUT2D eigenvalue weighted by Crippen LogP contribution is 2.10. The highest BCUT2D eigenvalue weighted by atomic mass is 16.5. The van der Waals surface area contributed by atoms with Crippen LogP contribution in [0.2, 0.25) is 0 Å². The summed E-state index contributed by atoms with van der Waals surface area (Å²) in [6.45, 7) is 9.48. The molecule has 18 heavy (non-hydrogen) atoms. The molecule has 2 N–H and O–H groups in total. The molecule has 5 heteroatoms. The van der Waals surface area contributed by atoms with E-state index < -0.39 is 6.10 Å². The molecule has 5 nitrogen and oxygen atoms in total. The summed E-state index contributed by atoms with van der Waals surface area (Å²) >= 11 is 0. The van der Waals surface area contributed by atoms with Crippen molar-refractivity contribution < 1.29 is 14.3 Å². The van der Waals surface area contributed by atoms with Crippen molar-refractivity contribution in [1.82, 2.24) is 10.6 Å². The maximum atomic E-state index is 11.9. The lowest BCUT2D eigenvalue weighted by Crippen LogP contribution is -2.50. The highest BCUT2D eigenvalue weighted by Gasteiger charge is 2.24. The Morgan fingerprint density at radius 2 is 2.28 bits per heavy atom. The molecule has 0 saturated carbocycles. The van der Waals surface area contributed by atoms with Crippen LogP contribution in [0.25, 0.3) is 0 Å². The van der Waals surface area contributed by atoms with Gasteiger partial charge in [0.05, 0.1) is 13.2 Å². The van der Waals surface area contributed by atoms with Crippen LogP contribution < -0.4 is 10.6 Å². The maximum absolute atomic E-state index is 11.9. The van der Waals surface area contributed by atoms with Crippen molar-refractivity contribution >= 4 is 5.91 Å². The van der Waals surface area contributed by atoms with E-state index >= 15 is 0 Å². The molecule has 0 spiro atoms. The van der Waals surface area contributed by atoms with Crippen LogP contribution in [0.15, 0.2) is 0 Å². The fourth-order valence-electron chi connectivity index (χ4n) is 2.03. The topological polar surface area (TPSA) is 59.6 Å². The van der Waals surface area contributed by atoms with Gasteiger partial charge in [-0.25, -0.2) is 0 Å². The summed E-state index contributed by atoms with van der Waals surface area (Å²) in [5.41, 5.74) is 0. The largest absolute Gasteiger partial charge is 0.379 e. The fraction of sp³-hybridized carbons (Fsp3) is 0.923. The van der Waals surface area contributed by atoms with Crippen molar-refractivity contribution in [3.8, 4) is 0 Å². The summed E-state index contributed by atoms with van der Waals surface area (Å²) in [7, 11) is 0. The van der Waals surface area contributed by atoms with Crippen LogP contribution in [0.3, 0.4) is 0 Å². The molecule has 1 fully saturated rings. The van der Waals surface area contributed by atoms with Crippen LogP contribution in [0.5, 0.6) is 0 Å². The van der Waals surface area contributed by atoms with Crippen molar-refractivity contribution in [2.24, 2.45) is 5.92 Å². The number of ether oxygens (including phenoxy) is 2. The van der Waals surface area contributed by atoms with Gasteiger partial charge in [0.25, 0.3) is 0 Å². The average molecular weight is 258 g/mol. The molecule has 1 amide bonds. The quantitative estimate of drug-likeness (QED) is 0.655. The van der Waals surface area contributed by atoms with Crippen molar-refractivity contribution in [3.05, 3.63) is 0 Å². The van der Waals surface area contributed by atoms with E-state index in [1.165, 1.54) is 0 Å². The second-order valence-corrected chi connectivity index (χ2v) is 4.80. The van der Waals surface area contributed by atoms with Gasteiger partial charge in [-0.3, -0.25) is 4.79 Å². The molecule has 0 radical (unpaired) electrons. The summed E-state index contributed by atoms with van der Waals surface area (Å²) in [6.07, 6.45) is 0.575. The van der Waals surface area contributed by atoms with Crippen LogP contribution in [-0.4, -0.2) is 51.0 Å². The van der Waals surface area contributed by atoms with Gasteiger partial charge >= 0.3 is 0 Å². The predicted molar refractivity (Wildman–Crippen MR) is 70.5 cm³/mol. The third-order valence-electron chi connectivity index (χ3n) is 3.28. The zero-order valence-corrected chi connectivity index (χ0v) is 11.7. The van der Waals surface area contributed by atoms with E-state index in [0.717, 1.165) is 19.5 Å². The highest BCUT2D eigenvalue weighted by molar-refractivity contribution is 5.80. The lowest BCUT2D eigenvalue weighted by Gasteiger charge is -2.31. The minimum Gasteiger partial charge on any atom is -0.379 e. The van der Waals surface area contributed by atoms with Crippen molar-refractivity contribution in [1.29, 1.82) is 0 Å². The first-order valence-corrected chi connectivity index (χ1v) is 6.85. The van der Waals surface area contributed by atoms with Gasteiger partial charge in [-0.15, -0.1) is 0 Å². The van der Waals surface area contributed by atoms with Gasteiger partial charge in [-0.2, -0.15) is 0 Å². The number of carbonyl (C=O) groups excluding carboxylic acids is 1. The minimum atomic E-state index is -0.410. The standard InChI is InChI=1S/C13H26N2O3/c1-4-17-7-8-18-11(3)13(16)15-12-5-6-14-9-10(12)2/h10-12,14H,4-9H2,1-3H3,(H,15,16). The third-order valence-corrected chi connectivity index (χ3v) is 3.28. The monoisotopic (exact) mass is 258 g/mol. The summed E-state index contributed by atoms with van der Waals surface area (Å²) in [4.78, 5) is 11.9. The Hall–Kier alpha value is -0.650. The van der Waals surface area contributed by atoms with E-state index in [9.17, 15) is 4.79 Å². The first-order valence-electron chi connectivity index (χ1n) is 6.85. The van der Waals surface area contributed by atoms with Gasteiger partial charge in [0.1, 0.15) is 6.10 Å². The van der Waals surface area contributed by atoms with Gasteiger partial charge in [0.2, 0.25) is 5.91 Å². The van der Waals surface area contributed by atoms with Gasteiger partial charge in [-0.05, 0) is 39.3 Å². The predicted octanol–water partition coefficient (Wildman–Crippen LogP) is 0.542. The van der Waals surface area contributed by atoms with E-state index in [4.69, 9.17) is 9.47 Å². The van der Waals surface area contributed by atoms with Gasteiger partial charge in [0, 0.05) is 12.6 Å². The molecular weight excluding hydrogens is 232 g/mol. The lowest BCUT2D eigenvalue weighted by molar-refractivity contribution is -0.133. The molecule has 1 saturated heterocycles. The van der Waals surface area contributed by atoms with Gasteiger partial charge in [-0.1, -0.05) is 6.92 Å². The summed E-state index contributed by atoms with van der Waals surface area (Å²) < 4.78 is 10.6. The molecule has 1 rings (SSSR count). The zero-order valence-electron chi connectivity index (χ0n) is 11.7. The number of carbonyl (C=O) groups is 1. The number of rotatable bonds is 7. The number of amides is 1. The van der Waals surface area contributed by atoms with Crippen LogP contribution >= 0.6 is 0 Å².